The van der Waals surface area contributed by atoms with Crippen LogP contribution < -0.4 is 0 Å². The third-order valence-corrected chi connectivity index (χ3v) is 2.23. The fourth-order valence-corrected chi connectivity index (χ4v) is 0.670. The third kappa shape index (κ3) is 3.40. The second kappa shape index (κ2) is 2.96. The van der Waals surface area contributed by atoms with E-state index in [1.165, 1.54) is 6.92 Å². The van der Waals surface area contributed by atoms with E-state index in [-0.39, 0.29) is 4.91 Å². The molecule has 0 saturated carbocycles. The van der Waals surface area contributed by atoms with Gasteiger partial charge in [0.25, 0.3) is 0 Å². The van der Waals surface area contributed by atoms with Crippen LogP contribution in [0.25, 0.3) is 0 Å². The highest BCUT2D eigenvalue weighted by Gasteiger charge is 2.04. The predicted octanol–water partition coefficient (Wildman–Crippen LogP) is 1.42. The molecule has 2 nitrogen and oxygen atoms in total. The molecule has 4 heteroatoms. The summed E-state index contributed by atoms with van der Waals surface area (Å²) < 4.78 is 33.1. The van der Waals surface area contributed by atoms with Crippen molar-refractivity contribution in [2.45, 2.75) is 6.92 Å². The molecule has 10 heavy (non-hydrogen) atoms. The zero-order valence-electron chi connectivity index (χ0n) is 5.89. The van der Waals surface area contributed by atoms with Crippen LogP contribution in [0.3, 0.4) is 0 Å². The van der Waals surface area contributed by atoms with Gasteiger partial charge in [0.1, 0.15) is 5.83 Å². The quantitative estimate of drug-likeness (QED) is 0.578. The first-order valence-corrected chi connectivity index (χ1v) is 4.46. The summed E-state index contributed by atoms with van der Waals surface area (Å²) in [5.41, 5.74) is 0. The second-order valence-electron chi connectivity index (χ2n) is 1.97. The van der Waals surface area contributed by atoms with Gasteiger partial charge in [-0.2, -0.15) is 0 Å². The van der Waals surface area contributed by atoms with Crippen molar-refractivity contribution in [2.75, 3.05) is 6.26 Å². The van der Waals surface area contributed by atoms with Gasteiger partial charge >= 0.3 is 0 Å². The lowest BCUT2D eigenvalue weighted by atomic mass is 10.5. The molecule has 0 aliphatic rings. The maximum atomic E-state index is 11.9. The Morgan fingerprint density at radius 2 is 2.00 bits per heavy atom. The van der Waals surface area contributed by atoms with Crippen LogP contribution in [0.2, 0.25) is 0 Å². The molecule has 58 valence electrons. The third-order valence-electron chi connectivity index (χ3n) is 0.945. The highest BCUT2D eigenvalue weighted by atomic mass is 32.2. The number of allylic oxidation sites excluding steroid dienone is 3. The summed E-state index contributed by atoms with van der Waals surface area (Å²) in [5, 5.41) is 0. The van der Waals surface area contributed by atoms with Crippen LogP contribution in [0.1, 0.15) is 6.92 Å². The lowest BCUT2D eigenvalue weighted by molar-refractivity contribution is 0.606. The molecule has 0 aromatic rings. The van der Waals surface area contributed by atoms with E-state index in [9.17, 15) is 12.8 Å². The summed E-state index contributed by atoms with van der Waals surface area (Å²) in [4.78, 5) is -0.0139. The van der Waals surface area contributed by atoms with E-state index in [1.807, 2.05) is 0 Å². The molecule has 0 rings (SSSR count). The van der Waals surface area contributed by atoms with E-state index in [0.29, 0.717) is 0 Å². The Kier molecular flexibility index (Phi) is 2.77. The molecule has 0 heterocycles. The minimum absolute atomic E-state index is 0.0139. The average molecular weight is 164 g/mol. The molecule has 0 unspecified atom stereocenters. The van der Waals surface area contributed by atoms with Crippen molar-refractivity contribution in [2.24, 2.45) is 0 Å². The predicted molar refractivity (Wildman–Crippen MR) is 38.8 cm³/mol. The molecule has 0 N–H and O–H groups in total. The largest absolute Gasteiger partial charge is 0.224 e. The first-order chi connectivity index (χ1) is 4.34. The Balaban J connectivity index is 4.70. The molecule has 0 bridgehead atoms. The van der Waals surface area contributed by atoms with Crippen molar-refractivity contribution >= 4 is 9.84 Å². The van der Waals surface area contributed by atoms with Crippen molar-refractivity contribution in [3.05, 3.63) is 23.4 Å². The van der Waals surface area contributed by atoms with Crippen LogP contribution in [-0.2, 0) is 9.84 Å². The molecule has 0 amide bonds. The van der Waals surface area contributed by atoms with Gasteiger partial charge in [0.15, 0.2) is 9.84 Å². The summed E-state index contributed by atoms with van der Waals surface area (Å²) in [5.74, 6) is -0.747. The summed E-state index contributed by atoms with van der Waals surface area (Å²) in [6.45, 7) is 4.22. The van der Waals surface area contributed by atoms with Crippen molar-refractivity contribution in [3.8, 4) is 0 Å². The summed E-state index contributed by atoms with van der Waals surface area (Å²) in [6, 6.07) is 0. The van der Waals surface area contributed by atoms with Gasteiger partial charge in [-0.1, -0.05) is 6.58 Å². The Labute approximate surface area is 60.0 Å². The highest BCUT2D eigenvalue weighted by Crippen LogP contribution is 2.06. The number of hydrogen-bond donors (Lipinski definition) is 0. The monoisotopic (exact) mass is 164 g/mol. The molecule has 0 aromatic carbocycles. The summed E-state index contributed by atoms with van der Waals surface area (Å²) in [6.07, 6.45) is 1.90. The SMILES string of the molecule is C=C(F)/C=C(\C)S(C)(=O)=O. The molecule has 0 spiro atoms. The van der Waals surface area contributed by atoms with Crippen molar-refractivity contribution in [3.63, 3.8) is 0 Å². The zero-order valence-corrected chi connectivity index (χ0v) is 6.70. The molecule has 0 radical (unpaired) electrons. The smallest absolute Gasteiger partial charge is 0.171 e. The van der Waals surface area contributed by atoms with Gasteiger partial charge in [0, 0.05) is 11.2 Å². The number of halogens is 1. The van der Waals surface area contributed by atoms with E-state index in [2.05, 4.69) is 6.58 Å². The van der Waals surface area contributed by atoms with E-state index in [4.69, 9.17) is 0 Å². The minimum atomic E-state index is -3.24. The molecule has 0 atom stereocenters. The van der Waals surface area contributed by atoms with Gasteiger partial charge < -0.3 is 0 Å². The molecule has 0 fully saturated rings. The minimum Gasteiger partial charge on any atom is -0.224 e. The van der Waals surface area contributed by atoms with E-state index >= 15 is 0 Å². The standard InChI is InChI=1S/C6H9FO2S/c1-5(7)4-6(2)10(3,8)9/h4H,1H2,2-3H3/b6-4+. The maximum absolute atomic E-state index is 11.9. The first-order valence-electron chi connectivity index (χ1n) is 2.57. The van der Waals surface area contributed by atoms with E-state index in [1.54, 1.807) is 0 Å². The normalized spacial score (nSPS) is 13.3. The van der Waals surface area contributed by atoms with Crippen LogP contribution in [0.5, 0.6) is 0 Å². The van der Waals surface area contributed by atoms with E-state index < -0.39 is 15.7 Å². The van der Waals surface area contributed by atoms with Gasteiger partial charge in [0.2, 0.25) is 0 Å². The lowest BCUT2D eigenvalue weighted by Crippen LogP contribution is -1.96. The van der Waals surface area contributed by atoms with Crippen molar-refractivity contribution in [1.82, 2.24) is 0 Å². The van der Waals surface area contributed by atoms with Crippen LogP contribution in [0, 0.1) is 0 Å². The molecule has 0 aliphatic heterocycles. The van der Waals surface area contributed by atoms with Crippen LogP contribution >= 0.6 is 0 Å². The summed E-state index contributed by atoms with van der Waals surface area (Å²) in [7, 11) is -3.24. The van der Waals surface area contributed by atoms with Crippen LogP contribution in [0.15, 0.2) is 23.4 Å². The maximum Gasteiger partial charge on any atom is 0.171 e. The Hall–Kier alpha value is -0.640. The first kappa shape index (κ1) is 9.36. The topological polar surface area (TPSA) is 34.1 Å². The van der Waals surface area contributed by atoms with Crippen molar-refractivity contribution in [1.29, 1.82) is 0 Å². The van der Waals surface area contributed by atoms with Crippen molar-refractivity contribution < 1.29 is 12.8 Å². The number of sulfone groups is 1. The molecule has 0 aliphatic carbocycles. The van der Waals surface area contributed by atoms with Gasteiger partial charge in [-0.05, 0) is 13.0 Å². The summed E-state index contributed by atoms with van der Waals surface area (Å²) >= 11 is 0. The van der Waals surface area contributed by atoms with Gasteiger partial charge in [-0.25, -0.2) is 12.8 Å². The fraction of sp³-hybridized carbons (Fsp3) is 0.333. The molecular formula is C6H9FO2S. The van der Waals surface area contributed by atoms with Crippen LogP contribution in [0.4, 0.5) is 4.39 Å². The Bertz CT molecular complexity index is 261. The molecular weight excluding hydrogens is 155 g/mol. The molecule has 0 aromatic heterocycles. The highest BCUT2D eigenvalue weighted by molar-refractivity contribution is 7.94. The number of hydrogen-bond acceptors (Lipinski definition) is 2. The van der Waals surface area contributed by atoms with Gasteiger partial charge in [0.05, 0.1) is 0 Å². The molecule has 0 saturated heterocycles. The second-order valence-corrected chi connectivity index (χ2v) is 4.16. The van der Waals surface area contributed by atoms with E-state index in [0.717, 1.165) is 12.3 Å². The average Bonchev–Trinajstić information content (AvgIpc) is 1.60. The van der Waals surface area contributed by atoms with Gasteiger partial charge in [-0.3, -0.25) is 0 Å². The number of rotatable bonds is 2. The zero-order chi connectivity index (χ0) is 8.36. The lowest BCUT2D eigenvalue weighted by Gasteiger charge is -1.93. The fourth-order valence-electron chi connectivity index (χ4n) is 0.328. The Morgan fingerprint density at radius 1 is 1.60 bits per heavy atom. The Morgan fingerprint density at radius 3 is 2.10 bits per heavy atom. The van der Waals surface area contributed by atoms with Crippen LogP contribution in [-0.4, -0.2) is 14.7 Å². The van der Waals surface area contributed by atoms with Gasteiger partial charge in [-0.15, -0.1) is 0 Å².